The second-order valence-electron chi connectivity index (χ2n) is 4.65. The van der Waals surface area contributed by atoms with Crippen molar-refractivity contribution in [1.29, 1.82) is 0 Å². The van der Waals surface area contributed by atoms with Crippen molar-refractivity contribution in [1.82, 2.24) is 5.32 Å². The molecule has 0 aliphatic rings. The molecule has 3 N–H and O–H groups in total. The van der Waals surface area contributed by atoms with Crippen LogP contribution >= 0.6 is 0 Å². The molecule has 1 aromatic carbocycles. The molecule has 7 nitrogen and oxygen atoms in total. The molecule has 0 spiro atoms. The van der Waals surface area contributed by atoms with Crippen LogP contribution in [0.5, 0.6) is 0 Å². The van der Waals surface area contributed by atoms with Gasteiger partial charge in [-0.15, -0.1) is 0 Å². The first kappa shape index (κ1) is 16.5. The molecular formula is C14H18N2O5. The highest BCUT2D eigenvalue weighted by atomic mass is 16.5. The fourth-order valence-corrected chi connectivity index (χ4v) is 1.88. The van der Waals surface area contributed by atoms with E-state index < -0.39 is 24.0 Å². The third-order valence-corrected chi connectivity index (χ3v) is 2.85. The number of benzene rings is 1. The van der Waals surface area contributed by atoms with Gasteiger partial charge in [-0.25, -0.2) is 14.4 Å². The molecule has 0 radical (unpaired) electrons. The van der Waals surface area contributed by atoms with E-state index in [2.05, 4.69) is 15.4 Å². The molecule has 0 saturated carbocycles. The first-order valence-electron chi connectivity index (χ1n) is 6.26. The Hall–Kier alpha value is -2.57. The molecule has 7 heteroatoms. The molecule has 1 unspecified atom stereocenters. The molecule has 0 bridgehead atoms. The monoisotopic (exact) mass is 294 g/mol. The number of urea groups is 1. The lowest BCUT2D eigenvalue weighted by atomic mass is 10.0. The second kappa shape index (κ2) is 6.74. The molecular weight excluding hydrogens is 276 g/mol. The topological polar surface area (TPSA) is 105 Å². The summed E-state index contributed by atoms with van der Waals surface area (Å²) in [6.45, 7) is 4.92. The van der Waals surface area contributed by atoms with E-state index in [9.17, 15) is 19.5 Å². The predicted octanol–water partition coefficient (Wildman–Crippen LogP) is 1.68. The first-order chi connectivity index (χ1) is 9.76. The van der Waals surface area contributed by atoms with Crippen molar-refractivity contribution in [2.75, 3.05) is 12.4 Å². The summed E-state index contributed by atoms with van der Waals surface area (Å²) >= 11 is 0. The van der Waals surface area contributed by atoms with Crippen molar-refractivity contribution in [2.24, 2.45) is 0 Å². The third kappa shape index (κ3) is 4.20. The number of ether oxygens (including phenoxy) is 1. The Morgan fingerprint density at radius 2 is 1.86 bits per heavy atom. The van der Waals surface area contributed by atoms with Gasteiger partial charge in [0.1, 0.15) is 6.04 Å². The number of amides is 2. The standard InChI is InChI=1S/C14H18N2O5/c1-7-5-8(2)11(10(6-7)12(17)18)16-14(20)15-9(3)13(19)21-4/h5-6,9H,1-4H3,(H,17,18)(H2,15,16,20). The summed E-state index contributed by atoms with van der Waals surface area (Å²) in [5.74, 6) is -1.73. The van der Waals surface area contributed by atoms with Crippen LogP contribution < -0.4 is 10.6 Å². The van der Waals surface area contributed by atoms with E-state index >= 15 is 0 Å². The lowest BCUT2D eigenvalue weighted by Gasteiger charge is -2.15. The number of carbonyl (C=O) groups excluding carboxylic acids is 2. The maximum absolute atomic E-state index is 11.8. The molecule has 0 aliphatic heterocycles. The summed E-state index contributed by atoms with van der Waals surface area (Å²) in [4.78, 5) is 34.3. The predicted molar refractivity (Wildman–Crippen MR) is 76.5 cm³/mol. The maximum Gasteiger partial charge on any atom is 0.337 e. The fourth-order valence-electron chi connectivity index (χ4n) is 1.88. The van der Waals surface area contributed by atoms with Crippen molar-refractivity contribution in [2.45, 2.75) is 26.8 Å². The highest BCUT2D eigenvalue weighted by Crippen LogP contribution is 2.22. The molecule has 1 atom stereocenters. The zero-order valence-corrected chi connectivity index (χ0v) is 12.3. The Morgan fingerprint density at radius 3 is 2.38 bits per heavy atom. The number of esters is 1. The Kier molecular flexibility index (Phi) is 5.29. The van der Waals surface area contributed by atoms with Crippen LogP contribution in [0.2, 0.25) is 0 Å². The molecule has 0 fully saturated rings. The number of anilines is 1. The normalized spacial score (nSPS) is 11.4. The van der Waals surface area contributed by atoms with E-state index in [4.69, 9.17) is 0 Å². The van der Waals surface area contributed by atoms with E-state index in [1.54, 1.807) is 19.9 Å². The van der Waals surface area contributed by atoms with Crippen LogP contribution in [0.25, 0.3) is 0 Å². The van der Waals surface area contributed by atoms with E-state index in [0.717, 1.165) is 5.56 Å². The van der Waals surface area contributed by atoms with Crippen LogP contribution in [-0.4, -0.2) is 36.2 Å². The molecule has 1 rings (SSSR count). The number of carboxylic acids is 1. The summed E-state index contributed by atoms with van der Waals surface area (Å²) in [6.07, 6.45) is 0. The van der Waals surface area contributed by atoms with Gasteiger partial charge in [-0.05, 0) is 38.0 Å². The van der Waals surface area contributed by atoms with Gasteiger partial charge in [0.25, 0.3) is 0 Å². The first-order valence-corrected chi connectivity index (χ1v) is 6.26. The molecule has 0 aliphatic carbocycles. The van der Waals surface area contributed by atoms with Crippen molar-refractivity contribution >= 4 is 23.7 Å². The number of carboxylic acid groups (broad SMARTS) is 1. The van der Waals surface area contributed by atoms with Gasteiger partial charge < -0.3 is 20.5 Å². The van der Waals surface area contributed by atoms with Crippen molar-refractivity contribution in [3.8, 4) is 0 Å². The van der Waals surface area contributed by atoms with Gasteiger partial charge in [0.05, 0.1) is 18.4 Å². The minimum absolute atomic E-state index is 0.00614. The van der Waals surface area contributed by atoms with Crippen LogP contribution in [0.4, 0.5) is 10.5 Å². The maximum atomic E-state index is 11.8. The molecule has 0 saturated heterocycles. The van der Waals surface area contributed by atoms with Gasteiger partial charge in [-0.1, -0.05) is 6.07 Å². The number of hydrogen-bond acceptors (Lipinski definition) is 4. The molecule has 21 heavy (non-hydrogen) atoms. The average Bonchev–Trinajstić information content (AvgIpc) is 2.40. The number of methoxy groups -OCH3 is 1. The van der Waals surface area contributed by atoms with Gasteiger partial charge in [0.2, 0.25) is 0 Å². The summed E-state index contributed by atoms with van der Waals surface area (Å²) in [7, 11) is 1.21. The third-order valence-electron chi connectivity index (χ3n) is 2.85. The lowest BCUT2D eigenvalue weighted by molar-refractivity contribution is -0.142. The largest absolute Gasteiger partial charge is 0.478 e. The minimum Gasteiger partial charge on any atom is -0.478 e. The number of rotatable bonds is 4. The van der Waals surface area contributed by atoms with Crippen LogP contribution in [0.3, 0.4) is 0 Å². The van der Waals surface area contributed by atoms with Crippen molar-refractivity contribution in [3.63, 3.8) is 0 Å². The highest BCUT2D eigenvalue weighted by molar-refractivity contribution is 6.01. The van der Waals surface area contributed by atoms with E-state index in [0.29, 0.717) is 5.56 Å². The lowest BCUT2D eigenvalue weighted by Crippen LogP contribution is -2.41. The summed E-state index contributed by atoms with van der Waals surface area (Å²) in [6, 6.07) is 1.71. The van der Waals surface area contributed by atoms with E-state index in [1.807, 2.05) is 0 Å². The average molecular weight is 294 g/mol. The second-order valence-corrected chi connectivity index (χ2v) is 4.65. The van der Waals surface area contributed by atoms with Gasteiger partial charge >= 0.3 is 18.0 Å². The van der Waals surface area contributed by atoms with Crippen LogP contribution in [0.1, 0.15) is 28.4 Å². The van der Waals surface area contributed by atoms with E-state index in [-0.39, 0.29) is 11.3 Å². The Balaban J connectivity index is 2.95. The summed E-state index contributed by atoms with van der Waals surface area (Å²) in [5, 5.41) is 14.0. The van der Waals surface area contributed by atoms with Gasteiger partial charge in [0.15, 0.2) is 0 Å². The van der Waals surface area contributed by atoms with Crippen LogP contribution in [-0.2, 0) is 9.53 Å². The zero-order chi connectivity index (χ0) is 16.2. The number of aryl methyl sites for hydroxylation is 2. The Labute approximate surface area is 122 Å². The summed E-state index contributed by atoms with van der Waals surface area (Å²) < 4.78 is 4.49. The van der Waals surface area contributed by atoms with Gasteiger partial charge in [-0.3, -0.25) is 0 Å². The Bertz CT molecular complexity index is 583. The van der Waals surface area contributed by atoms with Crippen LogP contribution in [0, 0.1) is 13.8 Å². The van der Waals surface area contributed by atoms with Gasteiger partial charge in [-0.2, -0.15) is 0 Å². The van der Waals surface area contributed by atoms with E-state index in [1.165, 1.54) is 20.1 Å². The number of aromatic carboxylic acids is 1. The number of hydrogen-bond donors (Lipinski definition) is 3. The molecule has 1 aromatic rings. The fraction of sp³-hybridized carbons (Fsp3) is 0.357. The smallest absolute Gasteiger partial charge is 0.337 e. The molecule has 0 aromatic heterocycles. The van der Waals surface area contributed by atoms with Crippen molar-refractivity contribution in [3.05, 3.63) is 28.8 Å². The summed E-state index contributed by atoms with van der Waals surface area (Å²) in [5.41, 5.74) is 1.59. The number of carbonyl (C=O) groups is 3. The van der Waals surface area contributed by atoms with Crippen molar-refractivity contribution < 1.29 is 24.2 Å². The number of nitrogens with one attached hydrogen (secondary N) is 2. The molecule has 114 valence electrons. The molecule has 0 heterocycles. The highest BCUT2D eigenvalue weighted by Gasteiger charge is 2.19. The quantitative estimate of drug-likeness (QED) is 0.733. The minimum atomic E-state index is -1.14. The Morgan fingerprint density at radius 1 is 1.24 bits per heavy atom. The van der Waals surface area contributed by atoms with Crippen LogP contribution in [0.15, 0.2) is 12.1 Å². The zero-order valence-electron chi connectivity index (χ0n) is 12.3. The SMILES string of the molecule is COC(=O)C(C)NC(=O)Nc1c(C)cc(C)cc1C(=O)O. The molecule has 2 amide bonds. The van der Waals surface area contributed by atoms with Gasteiger partial charge in [0, 0.05) is 0 Å².